The molecule has 76 valence electrons. The standard InChI is InChI=1S/C12H22O/c1-10-6-5-7-12(10,9-13)8-11(2,3)4/h9-10H,5-8H2,1-4H3. The van der Waals surface area contributed by atoms with E-state index in [0.29, 0.717) is 5.92 Å². The molecule has 1 heteroatoms. The fourth-order valence-corrected chi connectivity index (χ4v) is 2.74. The molecule has 0 aromatic heterocycles. The first kappa shape index (κ1) is 10.7. The van der Waals surface area contributed by atoms with Gasteiger partial charge in [-0.15, -0.1) is 0 Å². The third-order valence-electron chi connectivity index (χ3n) is 3.35. The summed E-state index contributed by atoms with van der Waals surface area (Å²) in [5.41, 5.74) is 0.276. The van der Waals surface area contributed by atoms with E-state index in [2.05, 4.69) is 27.7 Å². The lowest BCUT2D eigenvalue weighted by Gasteiger charge is -2.34. The zero-order valence-electron chi connectivity index (χ0n) is 9.39. The lowest BCUT2D eigenvalue weighted by molar-refractivity contribution is -0.119. The number of hydrogen-bond donors (Lipinski definition) is 0. The largest absolute Gasteiger partial charge is 0.303 e. The average molecular weight is 182 g/mol. The maximum Gasteiger partial charge on any atom is 0.126 e. The molecule has 1 aliphatic rings. The topological polar surface area (TPSA) is 17.1 Å². The second-order valence-electron chi connectivity index (χ2n) is 5.88. The Balaban J connectivity index is 2.76. The van der Waals surface area contributed by atoms with Crippen molar-refractivity contribution in [3.8, 4) is 0 Å². The zero-order chi connectivity index (χ0) is 10.1. The van der Waals surface area contributed by atoms with Crippen molar-refractivity contribution in [1.82, 2.24) is 0 Å². The molecule has 0 radical (unpaired) electrons. The zero-order valence-corrected chi connectivity index (χ0v) is 9.39. The van der Waals surface area contributed by atoms with E-state index < -0.39 is 0 Å². The van der Waals surface area contributed by atoms with Gasteiger partial charge in [0.1, 0.15) is 6.29 Å². The maximum absolute atomic E-state index is 11.2. The molecule has 0 heterocycles. The van der Waals surface area contributed by atoms with Crippen LogP contribution >= 0.6 is 0 Å². The molecule has 1 rings (SSSR count). The van der Waals surface area contributed by atoms with Crippen LogP contribution in [0.15, 0.2) is 0 Å². The van der Waals surface area contributed by atoms with Gasteiger partial charge in [0.15, 0.2) is 0 Å². The lowest BCUT2D eigenvalue weighted by Crippen LogP contribution is -2.30. The number of carbonyl (C=O) groups is 1. The monoisotopic (exact) mass is 182 g/mol. The van der Waals surface area contributed by atoms with E-state index in [-0.39, 0.29) is 10.8 Å². The highest BCUT2D eigenvalue weighted by atomic mass is 16.1. The third-order valence-corrected chi connectivity index (χ3v) is 3.35. The second-order valence-corrected chi connectivity index (χ2v) is 5.88. The number of hydrogen-bond acceptors (Lipinski definition) is 1. The van der Waals surface area contributed by atoms with Crippen LogP contribution in [0.4, 0.5) is 0 Å². The Bertz CT molecular complexity index is 190. The first-order valence-corrected chi connectivity index (χ1v) is 5.36. The predicted octanol–water partition coefficient (Wildman–Crippen LogP) is 3.43. The normalized spacial score (nSPS) is 34.9. The highest BCUT2D eigenvalue weighted by molar-refractivity contribution is 5.60. The summed E-state index contributed by atoms with van der Waals surface area (Å²) >= 11 is 0. The van der Waals surface area contributed by atoms with Crippen molar-refractivity contribution in [1.29, 1.82) is 0 Å². The van der Waals surface area contributed by atoms with Crippen molar-refractivity contribution in [2.45, 2.75) is 53.4 Å². The average Bonchev–Trinajstić information content (AvgIpc) is 2.30. The summed E-state index contributed by atoms with van der Waals surface area (Å²) in [6.45, 7) is 8.91. The molecule has 1 nitrogen and oxygen atoms in total. The van der Waals surface area contributed by atoms with Crippen molar-refractivity contribution in [2.24, 2.45) is 16.7 Å². The van der Waals surface area contributed by atoms with Crippen LogP contribution in [0, 0.1) is 16.7 Å². The molecule has 0 N–H and O–H groups in total. The first-order valence-electron chi connectivity index (χ1n) is 5.36. The van der Waals surface area contributed by atoms with E-state index in [0.717, 1.165) is 12.8 Å². The summed E-state index contributed by atoms with van der Waals surface area (Å²) in [5.74, 6) is 0.587. The molecule has 0 aromatic carbocycles. The van der Waals surface area contributed by atoms with Gasteiger partial charge in [0.2, 0.25) is 0 Å². The van der Waals surface area contributed by atoms with E-state index in [1.807, 2.05) is 0 Å². The van der Waals surface area contributed by atoms with E-state index in [1.54, 1.807) is 0 Å². The summed E-state index contributed by atoms with van der Waals surface area (Å²) in [7, 11) is 0. The van der Waals surface area contributed by atoms with E-state index >= 15 is 0 Å². The highest BCUT2D eigenvalue weighted by Gasteiger charge is 2.42. The van der Waals surface area contributed by atoms with Gasteiger partial charge in [0.25, 0.3) is 0 Å². The molecule has 0 aliphatic heterocycles. The van der Waals surface area contributed by atoms with Crippen molar-refractivity contribution >= 4 is 6.29 Å². The summed E-state index contributed by atoms with van der Waals surface area (Å²) < 4.78 is 0. The smallest absolute Gasteiger partial charge is 0.126 e. The van der Waals surface area contributed by atoms with Crippen molar-refractivity contribution in [2.75, 3.05) is 0 Å². The van der Waals surface area contributed by atoms with Crippen LogP contribution in [-0.4, -0.2) is 6.29 Å². The second kappa shape index (κ2) is 3.43. The Morgan fingerprint density at radius 1 is 1.46 bits per heavy atom. The summed E-state index contributed by atoms with van der Waals surface area (Å²) in [5, 5.41) is 0. The summed E-state index contributed by atoms with van der Waals surface area (Å²) in [4.78, 5) is 11.2. The Kier molecular flexibility index (Phi) is 2.84. The number of carbonyl (C=O) groups excluding carboxylic acids is 1. The van der Waals surface area contributed by atoms with Crippen LogP contribution in [-0.2, 0) is 4.79 Å². The van der Waals surface area contributed by atoms with Crippen LogP contribution in [0.1, 0.15) is 53.4 Å². The molecule has 1 fully saturated rings. The molecular weight excluding hydrogens is 160 g/mol. The molecule has 0 amide bonds. The minimum atomic E-state index is -0.00174. The lowest BCUT2D eigenvalue weighted by atomic mass is 9.69. The van der Waals surface area contributed by atoms with Crippen LogP contribution in [0.3, 0.4) is 0 Å². The van der Waals surface area contributed by atoms with Gasteiger partial charge in [-0.1, -0.05) is 34.1 Å². The van der Waals surface area contributed by atoms with Crippen LogP contribution in [0.25, 0.3) is 0 Å². The SMILES string of the molecule is CC1CCCC1(C=O)CC(C)(C)C. The summed E-state index contributed by atoms with van der Waals surface area (Å²) in [6.07, 6.45) is 5.85. The van der Waals surface area contributed by atoms with Gasteiger partial charge < -0.3 is 4.79 Å². The maximum atomic E-state index is 11.2. The highest BCUT2D eigenvalue weighted by Crippen LogP contribution is 2.48. The van der Waals surface area contributed by atoms with Crippen LogP contribution in [0.5, 0.6) is 0 Å². The fourth-order valence-electron chi connectivity index (χ4n) is 2.74. The molecule has 1 saturated carbocycles. The Morgan fingerprint density at radius 2 is 2.08 bits per heavy atom. The quantitative estimate of drug-likeness (QED) is 0.598. The number of rotatable bonds is 2. The van der Waals surface area contributed by atoms with E-state index in [4.69, 9.17) is 0 Å². The van der Waals surface area contributed by atoms with Gasteiger partial charge in [0, 0.05) is 5.41 Å². The molecule has 2 unspecified atom stereocenters. The molecule has 0 saturated heterocycles. The minimum absolute atomic E-state index is 0.00174. The Labute approximate surface area is 81.9 Å². The molecule has 0 spiro atoms. The molecule has 2 atom stereocenters. The summed E-state index contributed by atoms with van der Waals surface area (Å²) in [6, 6.07) is 0. The van der Waals surface area contributed by atoms with E-state index in [9.17, 15) is 4.79 Å². The third kappa shape index (κ3) is 2.32. The van der Waals surface area contributed by atoms with Gasteiger partial charge in [-0.05, 0) is 30.6 Å². The number of aldehydes is 1. The molecule has 1 aliphatic carbocycles. The van der Waals surface area contributed by atoms with Gasteiger partial charge in [0.05, 0.1) is 0 Å². The van der Waals surface area contributed by atoms with Crippen molar-refractivity contribution < 1.29 is 4.79 Å². The molecule has 13 heavy (non-hydrogen) atoms. The molecular formula is C12H22O. The van der Waals surface area contributed by atoms with Gasteiger partial charge in [-0.25, -0.2) is 0 Å². The van der Waals surface area contributed by atoms with Crippen LogP contribution in [0.2, 0.25) is 0 Å². The van der Waals surface area contributed by atoms with Crippen molar-refractivity contribution in [3.05, 3.63) is 0 Å². The Hall–Kier alpha value is -0.330. The van der Waals surface area contributed by atoms with Crippen LogP contribution < -0.4 is 0 Å². The van der Waals surface area contributed by atoms with E-state index in [1.165, 1.54) is 19.1 Å². The fraction of sp³-hybridized carbons (Fsp3) is 0.917. The predicted molar refractivity (Wildman–Crippen MR) is 55.6 cm³/mol. The minimum Gasteiger partial charge on any atom is -0.303 e. The van der Waals surface area contributed by atoms with Crippen molar-refractivity contribution in [3.63, 3.8) is 0 Å². The molecule has 0 bridgehead atoms. The molecule has 0 aromatic rings. The first-order chi connectivity index (χ1) is 5.90. The van der Waals surface area contributed by atoms with Gasteiger partial charge in [-0.3, -0.25) is 0 Å². The van der Waals surface area contributed by atoms with Gasteiger partial charge in [-0.2, -0.15) is 0 Å². The van der Waals surface area contributed by atoms with Gasteiger partial charge >= 0.3 is 0 Å². The Morgan fingerprint density at radius 3 is 2.38 bits per heavy atom.